The third-order valence-corrected chi connectivity index (χ3v) is 6.92. The van der Waals surface area contributed by atoms with Gasteiger partial charge in [-0.1, -0.05) is 29.0 Å². The van der Waals surface area contributed by atoms with Crippen LogP contribution in [0, 0.1) is 0 Å². The summed E-state index contributed by atoms with van der Waals surface area (Å²) >= 11 is 7.25. The molecule has 2 N–H and O–H groups in total. The number of likely N-dealkylation sites (tertiary alicyclic amines) is 1. The van der Waals surface area contributed by atoms with E-state index >= 15 is 0 Å². The third-order valence-electron chi connectivity index (χ3n) is 5.72. The molecule has 1 atom stereocenters. The fraction of sp³-hybridized carbons (Fsp3) is 0.478. The summed E-state index contributed by atoms with van der Waals surface area (Å²) in [4.78, 5) is 32.7. The van der Waals surface area contributed by atoms with Crippen molar-refractivity contribution in [3.63, 3.8) is 0 Å². The summed E-state index contributed by atoms with van der Waals surface area (Å²) in [5, 5.41) is 17.8. The number of nitrogens with zero attached hydrogens (tertiary/aromatic N) is 4. The summed E-state index contributed by atoms with van der Waals surface area (Å²) in [6.07, 6.45) is 3.40. The van der Waals surface area contributed by atoms with Gasteiger partial charge in [-0.05, 0) is 64.7 Å². The molecule has 4 rings (SSSR count). The summed E-state index contributed by atoms with van der Waals surface area (Å²) in [5.74, 6) is -0.478. The van der Waals surface area contributed by atoms with E-state index in [0.29, 0.717) is 44.7 Å². The molecule has 3 aromatic rings. The van der Waals surface area contributed by atoms with Crippen LogP contribution >= 0.6 is 22.9 Å². The quantitative estimate of drug-likeness (QED) is 0.548. The van der Waals surface area contributed by atoms with Crippen LogP contribution in [0.1, 0.15) is 67.3 Å². The van der Waals surface area contributed by atoms with Crippen molar-refractivity contribution in [2.24, 2.45) is 0 Å². The number of halogens is 1. The maximum atomic E-state index is 13.6. The van der Waals surface area contributed by atoms with Gasteiger partial charge in [0.15, 0.2) is 16.5 Å². The van der Waals surface area contributed by atoms with Crippen LogP contribution in [0.5, 0.6) is 0 Å². The van der Waals surface area contributed by atoms with Gasteiger partial charge in [0, 0.05) is 29.8 Å². The molecule has 33 heavy (non-hydrogen) atoms. The van der Waals surface area contributed by atoms with Crippen molar-refractivity contribution in [1.29, 1.82) is 0 Å². The minimum atomic E-state index is -0.411. The summed E-state index contributed by atoms with van der Waals surface area (Å²) in [7, 11) is 0. The fourth-order valence-corrected chi connectivity index (χ4v) is 5.22. The van der Waals surface area contributed by atoms with Gasteiger partial charge in [0.1, 0.15) is 4.70 Å². The van der Waals surface area contributed by atoms with Crippen LogP contribution in [0.4, 0.5) is 5.13 Å². The average molecular weight is 490 g/mol. The zero-order valence-electron chi connectivity index (χ0n) is 19.0. The molecule has 10 heteroatoms. The molecule has 2 amide bonds. The lowest BCUT2D eigenvalue weighted by Gasteiger charge is -2.35. The fourth-order valence-electron chi connectivity index (χ4n) is 4.12. The second kappa shape index (κ2) is 9.40. The number of aromatic nitrogens is 3. The Kier molecular flexibility index (Phi) is 6.74. The number of aliphatic hydroxyl groups is 1. The minimum absolute atomic E-state index is 0.000936. The molecule has 8 nitrogen and oxygen atoms in total. The highest BCUT2D eigenvalue weighted by atomic mass is 35.5. The van der Waals surface area contributed by atoms with Crippen LogP contribution in [0.25, 0.3) is 10.3 Å². The highest BCUT2D eigenvalue weighted by Gasteiger charge is 2.33. The second-order valence-corrected chi connectivity index (χ2v) is 10.7. The molecular weight excluding hydrogens is 462 g/mol. The minimum Gasteiger partial charge on any atom is -0.396 e. The van der Waals surface area contributed by atoms with Gasteiger partial charge in [-0.15, -0.1) is 0 Å². The van der Waals surface area contributed by atoms with E-state index in [0.717, 1.165) is 19.3 Å². The smallest absolute Gasteiger partial charge is 0.276 e. The molecular formula is C23H28ClN5O3S. The summed E-state index contributed by atoms with van der Waals surface area (Å²) in [6.45, 7) is 6.66. The van der Waals surface area contributed by atoms with Crippen molar-refractivity contribution in [3.05, 3.63) is 40.5 Å². The van der Waals surface area contributed by atoms with E-state index in [1.165, 1.54) is 11.3 Å². The molecule has 1 aromatic carbocycles. The van der Waals surface area contributed by atoms with Crippen molar-refractivity contribution in [2.45, 2.75) is 58.0 Å². The lowest BCUT2D eigenvalue weighted by molar-refractivity contribution is 0.0569. The molecule has 3 heterocycles. The number of amides is 2. The number of carbonyl (C=O) groups excluding carboxylic acids is 2. The van der Waals surface area contributed by atoms with E-state index in [2.05, 4.69) is 15.4 Å². The number of anilines is 1. The molecule has 1 fully saturated rings. The number of benzene rings is 1. The summed E-state index contributed by atoms with van der Waals surface area (Å²) < 4.78 is 2.39. The molecule has 2 aromatic heterocycles. The maximum Gasteiger partial charge on any atom is 0.276 e. The van der Waals surface area contributed by atoms with Gasteiger partial charge >= 0.3 is 0 Å². The van der Waals surface area contributed by atoms with Crippen molar-refractivity contribution in [3.8, 4) is 0 Å². The van der Waals surface area contributed by atoms with Gasteiger partial charge in [0.25, 0.3) is 11.8 Å². The molecule has 0 saturated carbocycles. The van der Waals surface area contributed by atoms with Gasteiger partial charge in [-0.25, -0.2) is 4.68 Å². The molecule has 176 valence electrons. The number of rotatable bonds is 5. The average Bonchev–Trinajstić information content (AvgIpc) is 3.32. The van der Waals surface area contributed by atoms with Crippen molar-refractivity contribution in [2.75, 3.05) is 18.5 Å². The Balaban J connectivity index is 1.70. The monoisotopic (exact) mass is 489 g/mol. The van der Waals surface area contributed by atoms with Crippen LogP contribution in [-0.4, -0.2) is 55.8 Å². The van der Waals surface area contributed by atoms with Crippen LogP contribution in [0.3, 0.4) is 0 Å². The first-order chi connectivity index (χ1) is 15.7. The Hall–Kier alpha value is -2.49. The molecule has 1 aliphatic rings. The number of nitrogens with one attached hydrogen (secondary N) is 1. The molecule has 0 aliphatic carbocycles. The lowest BCUT2D eigenvalue weighted by atomic mass is 9.99. The summed E-state index contributed by atoms with van der Waals surface area (Å²) in [6, 6.07) is 6.69. The molecule has 0 spiro atoms. The van der Waals surface area contributed by atoms with Crippen molar-refractivity contribution < 1.29 is 14.7 Å². The van der Waals surface area contributed by atoms with Crippen molar-refractivity contribution >= 4 is 50.2 Å². The number of hydrogen-bond donors (Lipinski definition) is 2. The predicted octanol–water partition coefficient (Wildman–Crippen LogP) is 4.53. The normalized spacial score (nSPS) is 16.9. The highest BCUT2D eigenvalue weighted by molar-refractivity contribution is 7.22. The Morgan fingerprint density at radius 3 is 2.79 bits per heavy atom. The summed E-state index contributed by atoms with van der Waals surface area (Å²) in [5.41, 5.74) is 0.917. The first-order valence-electron chi connectivity index (χ1n) is 11.1. The topological polar surface area (TPSA) is 100 Å². The number of piperidine rings is 1. The first kappa shape index (κ1) is 23.7. The van der Waals surface area contributed by atoms with E-state index < -0.39 is 5.54 Å². The number of aliphatic hydroxyl groups excluding tert-OH is 1. The maximum absolute atomic E-state index is 13.6. The van der Waals surface area contributed by atoms with Crippen LogP contribution in [0.2, 0.25) is 5.02 Å². The number of carbonyl (C=O) groups is 2. The number of fused-ring (bicyclic) bond motifs is 1. The molecule has 0 bridgehead atoms. The number of hydrogen-bond acceptors (Lipinski definition) is 6. The number of thiazole rings is 1. The highest BCUT2D eigenvalue weighted by Crippen LogP contribution is 2.34. The molecule has 0 radical (unpaired) electrons. The van der Waals surface area contributed by atoms with E-state index in [1.54, 1.807) is 28.9 Å². The molecule has 1 aliphatic heterocycles. The standard InChI is InChI=1S/C23H28ClN5O3S/c1-23(2,3)29-19-18(17(27-29)21(32)28-11-5-4-9-16(28)10-12-30)33-22(25-19)26-20(31)14-7-6-8-15(24)13-14/h6-8,13,16,30H,4-5,9-12H2,1-3H3,(H,25,26,31). The largest absolute Gasteiger partial charge is 0.396 e. The Labute approximate surface area is 201 Å². The molecule has 1 unspecified atom stereocenters. The van der Waals surface area contributed by atoms with Crippen LogP contribution in [0.15, 0.2) is 24.3 Å². The Morgan fingerprint density at radius 1 is 1.30 bits per heavy atom. The first-order valence-corrected chi connectivity index (χ1v) is 12.3. The second-order valence-electron chi connectivity index (χ2n) is 9.23. The third kappa shape index (κ3) is 4.90. The zero-order chi connectivity index (χ0) is 23.8. The van der Waals surface area contributed by atoms with Gasteiger partial charge < -0.3 is 10.0 Å². The lowest BCUT2D eigenvalue weighted by Crippen LogP contribution is -2.44. The van der Waals surface area contributed by atoms with E-state index in [4.69, 9.17) is 11.6 Å². The van der Waals surface area contributed by atoms with Gasteiger partial charge in [0.05, 0.1) is 5.54 Å². The van der Waals surface area contributed by atoms with Gasteiger partial charge in [-0.3, -0.25) is 14.9 Å². The zero-order valence-corrected chi connectivity index (χ0v) is 20.5. The van der Waals surface area contributed by atoms with E-state index in [9.17, 15) is 14.7 Å². The Morgan fingerprint density at radius 2 is 2.09 bits per heavy atom. The molecule has 1 saturated heterocycles. The van der Waals surface area contributed by atoms with Crippen molar-refractivity contribution in [1.82, 2.24) is 19.7 Å². The SMILES string of the molecule is CC(C)(C)n1nc(C(=O)N2CCCCC2CCO)c2sc(NC(=O)c3cccc(Cl)c3)nc21. The van der Waals surface area contributed by atoms with Crippen LogP contribution < -0.4 is 5.32 Å². The predicted molar refractivity (Wildman–Crippen MR) is 130 cm³/mol. The Bertz CT molecular complexity index is 1180. The van der Waals surface area contributed by atoms with E-state index in [-0.39, 0.29) is 24.5 Å². The van der Waals surface area contributed by atoms with Crippen LogP contribution in [-0.2, 0) is 5.54 Å². The van der Waals surface area contributed by atoms with E-state index in [1.807, 2.05) is 25.7 Å². The van der Waals surface area contributed by atoms with Gasteiger partial charge in [0.2, 0.25) is 0 Å². The van der Waals surface area contributed by atoms with Gasteiger partial charge in [-0.2, -0.15) is 10.1 Å².